The highest BCUT2D eigenvalue weighted by atomic mass is 19.4. The van der Waals surface area contributed by atoms with E-state index in [0.29, 0.717) is 17.5 Å². The van der Waals surface area contributed by atoms with Gasteiger partial charge in [-0.2, -0.15) is 26.3 Å². The number of carboxylic acids is 2. The van der Waals surface area contributed by atoms with E-state index in [0.717, 1.165) is 32.1 Å². The molecule has 0 aliphatic carbocycles. The van der Waals surface area contributed by atoms with Crippen LogP contribution in [0.1, 0.15) is 38.7 Å². The van der Waals surface area contributed by atoms with E-state index in [1.165, 1.54) is 31.4 Å². The number of hydrogen-bond donors (Lipinski definition) is 2. The molecule has 2 saturated heterocycles. The fraction of sp³-hybridized carbons (Fsp3) is 0.708. The number of carboxylic acid groups (broad SMARTS) is 2. The van der Waals surface area contributed by atoms with Crippen LogP contribution in [0.5, 0.6) is 5.88 Å². The summed E-state index contributed by atoms with van der Waals surface area (Å²) >= 11 is 0. The van der Waals surface area contributed by atoms with Crippen LogP contribution in [0, 0.1) is 5.41 Å². The second kappa shape index (κ2) is 14.7. The molecule has 2 aliphatic rings. The maximum atomic E-state index is 10.6. The summed E-state index contributed by atoms with van der Waals surface area (Å²) in [4.78, 5) is 27.3. The fourth-order valence-corrected chi connectivity index (χ4v) is 4.67. The topological polar surface area (TPSA) is 112 Å². The van der Waals surface area contributed by atoms with Gasteiger partial charge in [-0.25, -0.2) is 14.6 Å². The zero-order valence-electron chi connectivity index (χ0n) is 22.2. The molecule has 0 radical (unpaired) electrons. The molecule has 39 heavy (non-hydrogen) atoms. The van der Waals surface area contributed by atoms with Crippen molar-refractivity contribution in [1.29, 1.82) is 0 Å². The van der Waals surface area contributed by atoms with Crippen molar-refractivity contribution in [3.05, 3.63) is 23.9 Å². The summed E-state index contributed by atoms with van der Waals surface area (Å²) in [6.45, 7) is 9.95. The standard InChI is InChI=1S/C20H33N3O2.2C2HF3O2/c1-16(2)23-15-20(12-18(23)14-24-3)7-10-22(11-8-20)13-17-6-5-9-21-19(17)25-4;2*3-2(4,5)1(6)7/h5-6,9,16,18H,7-8,10-15H2,1-4H3;2*(H,6,7). The van der Waals surface area contributed by atoms with Crippen LogP contribution >= 0.6 is 0 Å². The number of pyridine rings is 1. The maximum absolute atomic E-state index is 10.6. The van der Waals surface area contributed by atoms with Gasteiger partial charge in [0, 0.05) is 44.0 Å². The van der Waals surface area contributed by atoms with Gasteiger partial charge in [-0.05, 0) is 57.7 Å². The molecule has 2 aliphatic heterocycles. The fourth-order valence-electron chi connectivity index (χ4n) is 4.67. The molecule has 0 saturated carbocycles. The average Bonchev–Trinajstić information content (AvgIpc) is 3.19. The first-order valence-electron chi connectivity index (χ1n) is 12.0. The molecule has 1 atom stereocenters. The average molecular weight is 576 g/mol. The Morgan fingerprint density at radius 3 is 2.00 bits per heavy atom. The molecule has 15 heteroatoms. The first-order chi connectivity index (χ1) is 18.0. The number of likely N-dealkylation sites (tertiary alicyclic amines) is 2. The minimum atomic E-state index is -5.08. The summed E-state index contributed by atoms with van der Waals surface area (Å²) < 4.78 is 74.4. The number of aromatic nitrogens is 1. The Hall–Kier alpha value is -2.65. The molecule has 3 heterocycles. The van der Waals surface area contributed by atoms with E-state index < -0.39 is 24.3 Å². The van der Waals surface area contributed by atoms with Gasteiger partial charge in [-0.1, -0.05) is 6.07 Å². The lowest BCUT2D eigenvalue weighted by atomic mass is 9.76. The van der Waals surface area contributed by atoms with Crippen LogP contribution in [-0.4, -0.2) is 102 Å². The van der Waals surface area contributed by atoms with Crippen molar-refractivity contribution in [2.45, 2.75) is 64.1 Å². The van der Waals surface area contributed by atoms with Crippen molar-refractivity contribution >= 4 is 11.9 Å². The summed E-state index contributed by atoms with van der Waals surface area (Å²) in [6, 6.07) is 5.30. The zero-order chi connectivity index (χ0) is 30.0. The highest BCUT2D eigenvalue weighted by Gasteiger charge is 2.46. The van der Waals surface area contributed by atoms with Gasteiger partial charge in [-0.3, -0.25) is 9.80 Å². The Balaban J connectivity index is 0.000000449. The molecule has 2 fully saturated rings. The Kier molecular flexibility index (Phi) is 12.9. The number of piperidine rings is 1. The van der Waals surface area contributed by atoms with E-state index in [1.54, 1.807) is 13.3 Å². The lowest BCUT2D eigenvalue weighted by Gasteiger charge is -2.39. The van der Waals surface area contributed by atoms with Crippen LogP contribution in [0.2, 0.25) is 0 Å². The molecule has 0 aromatic carbocycles. The van der Waals surface area contributed by atoms with Crippen molar-refractivity contribution in [2.75, 3.05) is 40.5 Å². The number of hydrogen-bond acceptors (Lipinski definition) is 7. The third-order valence-electron chi connectivity index (χ3n) is 6.52. The van der Waals surface area contributed by atoms with Crippen molar-refractivity contribution < 1.29 is 55.6 Å². The van der Waals surface area contributed by atoms with Crippen LogP contribution in [0.15, 0.2) is 18.3 Å². The largest absolute Gasteiger partial charge is 0.490 e. The van der Waals surface area contributed by atoms with E-state index in [2.05, 4.69) is 34.7 Å². The summed E-state index contributed by atoms with van der Waals surface area (Å²) in [7, 11) is 3.53. The highest BCUT2D eigenvalue weighted by molar-refractivity contribution is 5.73. The number of alkyl halides is 6. The zero-order valence-corrected chi connectivity index (χ0v) is 22.2. The normalized spacial score (nSPS) is 19.6. The summed E-state index contributed by atoms with van der Waals surface area (Å²) in [6.07, 6.45) is -4.54. The Morgan fingerprint density at radius 1 is 1.08 bits per heavy atom. The van der Waals surface area contributed by atoms with E-state index in [-0.39, 0.29) is 0 Å². The Labute approximate surface area is 222 Å². The van der Waals surface area contributed by atoms with Crippen LogP contribution in [0.3, 0.4) is 0 Å². The number of aliphatic carboxylic acids is 2. The molecular weight excluding hydrogens is 540 g/mol. The molecule has 0 bridgehead atoms. The first kappa shape index (κ1) is 34.4. The summed E-state index contributed by atoms with van der Waals surface area (Å²) in [5, 5.41) is 14.2. The smallest absolute Gasteiger partial charge is 0.481 e. The number of halogens is 6. The molecule has 3 rings (SSSR count). The third-order valence-corrected chi connectivity index (χ3v) is 6.52. The van der Waals surface area contributed by atoms with E-state index in [9.17, 15) is 26.3 Å². The molecular formula is C24H35F6N3O6. The van der Waals surface area contributed by atoms with Crippen LogP contribution in [0.25, 0.3) is 0 Å². The van der Waals surface area contributed by atoms with Crippen LogP contribution in [-0.2, 0) is 20.9 Å². The van der Waals surface area contributed by atoms with E-state index in [1.807, 2.05) is 13.2 Å². The first-order valence-corrected chi connectivity index (χ1v) is 12.0. The Bertz CT molecular complexity index is 896. The predicted octanol–water partition coefficient (Wildman–Crippen LogP) is 4.07. The number of ether oxygens (including phenoxy) is 2. The van der Waals surface area contributed by atoms with E-state index >= 15 is 0 Å². The molecule has 0 amide bonds. The van der Waals surface area contributed by atoms with Crippen LogP contribution in [0.4, 0.5) is 26.3 Å². The van der Waals surface area contributed by atoms with Gasteiger partial charge in [0.15, 0.2) is 0 Å². The quantitative estimate of drug-likeness (QED) is 0.485. The van der Waals surface area contributed by atoms with Gasteiger partial charge in [0.05, 0.1) is 13.7 Å². The van der Waals surface area contributed by atoms with Crippen LogP contribution < -0.4 is 4.74 Å². The molecule has 1 unspecified atom stereocenters. The van der Waals surface area contributed by atoms with E-state index in [4.69, 9.17) is 29.3 Å². The van der Waals surface area contributed by atoms with Gasteiger partial charge in [0.25, 0.3) is 0 Å². The van der Waals surface area contributed by atoms with Gasteiger partial charge >= 0.3 is 24.3 Å². The minimum Gasteiger partial charge on any atom is -0.481 e. The van der Waals surface area contributed by atoms with Crippen molar-refractivity contribution in [1.82, 2.24) is 14.8 Å². The SMILES string of the molecule is COCC1CC2(CCN(Cc3cccnc3OC)CC2)CN1C(C)C.O=C(O)C(F)(F)F.O=C(O)C(F)(F)F. The molecule has 1 spiro atoms. The summed E-state index contributed by atoms with van der Waals surface area (Å²) in [5.74, 6) is -4.75. The molecule has 1 aromatic heterocycles. The highest BCUT2D eigenvalue weighted by Crippen LogP contribution is 2.44. The minimum absolute atomic E-state index is 0.475. The third kappa shape index (κ3) is 11.2. The molecule has 224 valence electrons. The van der Waals surface area contributed by atoms with Crippen molar-refractivity contribution in [3.8, 4) is 5.88 Å². The number of methoxy groups -OCH3 is 2. The van der Waals surface area contributed by atoms with Crippen molar-refractivity contribution in [2.24, 2.45) is 5.41 Å². The lowest BCUT2D eigenvalue weighted by Crippen LogP contribution is -2.42. The number of nitrogens with zero attached hydrogens (tertiary/aromatic N) is 3. The van der Waals surface area contributed by atoms with Gasteiger partial charge in [0.1, 0.15) is 0 Å². The molecule has 1 aromatic rings. The van der Waals surface area contributed by atoms with Crippen molar-refractivity contribution in [3.63, 3.8) is 0 Å². The lowest BCUT2D eigenvalue weighted by molar-refractivity contribution is -0.193. The monoisotopic (exact) mass is 575 g/mol. The molecule has 9 nitrogen and oxygen atoms in total. The van der Waals surface area contributed by atoms with Gasteiger partial charge in [-0.15, -0.1) is 0 Å². The number of rotatable bonds is 6. The second-order valence-electron chi connectivity index (χ2n) is 9.63. The maximum Gasteiger partial charge on any atom is 0.490 e. The van der Waals surface area contributed by atoms with Gasteiger partial charge < -0.3 is 19.7 Å². The second-order valence-corrected chi connectivity index (χ2v) is 9.63. The number of carbonyl (C=O) groups is 2. The summed E-state index contributed by atoms with van der Waals surface area (Å²) in [5.41, 5.74) is 1.66. The van der Waals surface area contributed by atoms with Gasteiger partial charge in [0.2, 0.25) is 5.88 Å². The predicted molar refractivity (Wildman–Crippen MR) is 127 cm³/mol. The molecule has 2 N–H and O–H groups in total. The Morgan fingerprint density at radius 2 is 1.59 bits per heavy atom.